The molecule has 0 spiro atoms. The van der Waals surface area contributed by atoms with Crippen LogP contribution in [-0.4, -0.2) is 12.6 Å². The molecule has 1 aromatic carbocycles. The van der Waals surface area contributed by atoms with Crippen LogP contribution in [0, 0.1) is 0 Å². The highest BCUT2D eigenvalue weighted by Gasteiger charge is 2.30. The fourth-order valence-electron chi connectivity index (χ4n) is 1.49. The van der Waals surface area contributed by atoms with E-state index in [1.165, 1.54) is 0 Å². The Hall–Kier alpha value is -0.960. The van der Waals surface area contributed by atoms with Crippen LogP contribution in [0.1, 0.15) is 26.3 Å². The summed E-state index contributed by atoms with van der Waals surface area (Å²) in [4.78, 5) is 11.3. The van der Waals surface area contributed by atoms with Gasteiger partial charge in [0.2, 0.25) is 0 Å². The zero-order valence-corrected chi connectivity index (χ0v) is 10.1. The van der Waals surface area contributed by atoms with Crippen molar-refractivity contribution in [1.29, 1.82) is 0 Å². The van der Waals surface area contributed by atoms with Gasteiger partial charge in [-0.1, -0.05) is 32.0 Å². The van der Waals surface area contributed by atoms with Crippen molar-refractivity contribution >= 4 is 19.1 Å². The molecule has 0 heterocycles. The van der Waals surface area contributed by atoms with Crippen LogP contribution in [0.4, 0.5) is 0 Å². The molecule has 0 aliphatic rings. The van der Waals surface area contributed by atoms with Crippen LogP contribution in [0.5, 0.6) is 0 Å². The normalized spacial score (nSPS) is 13.3. The quantitative estimate of drug-likeness (QED) is 0.628. The second-order valence-electron chi connectivity index (χ2n) is 4.11. The first-order valence-corrected chi connectivity index (χ1v) is 5.32. The molecular weight excluding hydrogens is 208 g/mol. The van der Waals surface area contributed by atoms with E-state index in [1.807, 2.05) is 45.0 Å². The van der Waals surface area contributed by atoms with E-state index in [4.69, 9.17) is 4.74 Å². The van der Waals surface area contributed by atoms with Gasteiger partial charge in [0, 0.05) is 10.3 Å². The van der Waals surface area contributed by atoms with Crippen molar-refractivity contribution in [2.45, 2.75) is 37.2 Å². The summed E-state index contributed by atoms with van der Waals surface area (Å²) in [5.41, 5.74) is 0.849. The lowest BCUT2D eigenvalue weighted by molar-refractivity contribution is -0.135. The molecule has 0 saturated heterocycles. The highest BCUT2D eigenvalue weighted by atomic mass is 32.1. The molecular formula is C12H16O2S. The van der Waals surface area contributed by atoms with Gasteiger partial charge in [-0.15, -0.1) is 12.6 Å². The number of carbonyl (C=O) groups excluding carboxylic acids is 1. The van der Waals surface area contributed by atoms with Gasteiger partial charge in [0.25, 0.3) is 6.47 Å². The molecule has 82 valence electrons. The summed E-state index contributed by atoms with van der Waals surface area (Å²) in [5.74, 6) is 0. The second-order valence-corrected chi connectivity index (χ2v) is 4.60. The first-order chi connectivity index (χ1) is 7.00. The third kappa shape index (κ3) is 2.53. The number of carbonyl (C=O) groups is 1. The lowest BCUT2D eigenvalue weighted by Gasteiger charge is -2.31. The average Bonchev–Trinajstić information content (AvgIpc) is 2.18. The van der Waals surface area contributed by atoms with Crippen molar-refractivity contribution in [2.75, 3.05) is 0 Å². The van der Waals surface area contributed by atoms with Crippen molar-refractivity contribution < 1.29 is 9.53 Å². The molecule has 0 amide bonds. The molecule has 1 rings (SSSR count). The molecule has 1 unspecified atom stereocenters. The largest absolute Gasteiger partial charge is 0.464 e. The topological polar surface area (TPSA) is 26.3 Å². The number of ether oxygens (including phenoxy) is 1. The van der Waals surface area contributed by atoms with Gasteiger partial charge in [-0.25, -0.2) is 0 Å². The average molecular weight is 224 g/mol. The summed E-state index contributed by atoms with van der Waals surface area (Å²) in [6.07, 6.45) is -0.178. The van der Waals surface area contributed by atoms with Gasteiger partial charge in [0.1, 0.15) is 6.10 Å². The summed E-state index contributed by atoms with van der Waals surface area (Å²) in [5, 5.41) is 0. The molecule has 0 aliphatic carbocycles. The zero-order valence-electron chi connectivity index (χ0n) is 9.23. The van der Waals surface area contributed by atoms with Crippen LogP contribution >= 0.6 is 12.6 Å². The van der Waals surface area contributed by atoms with E-state index in [-0.39, 0.29) is 11.5 Å². The Balaban J connectivity index is 3.04. The fraction of sp³-hybridized carbons (Fsp3) is 0.417. The third-order valence-electron chi connectivity index (χ3n) is 2.87. The highest BCUT2D eigenvalue weighted by Crippen LogP contribution is 2.32. The minimum Gasteiger partial charge on any atom is -0.464 e. The maximum Gasteiger partial charge on any atom is 0.293 e. The summed E-state index contributed by atoms with van der Waals surface area (Å²) in [6, 6.07) is 7.85. The van der Waals surface area contributed by atoms with Crippen molar-refractivity contribution in [3.8, 4) is 0 Å². The van der Waals surface area contributed by atoms with E-state index in [9.17, 15) is 4.79 Å². The highest BCUT2D eigenvalue weighted by molar-refractivity contribution is 7.80. The van der Waals surface area contributed by atoms with Gasteiger partial charge >= 0.3 is 0 Å². The molecule has 2 nitrogen and oxygen atoms in total. The summed E-state index contributed by atoms with van der Waals surface area (Å²) in [7, 11) is 0. The van der Waals surface area contributed by atoms with E-state index in [1.54, 1.807) is 0 Å². The van der Waals surface area contributed by atoms with Crippen LogP contribution in [0.15, 0.2) is 29.2 Å². The Morgan fingerprint density at radius 2 is 2.00 bits per heavy atom. The van der Waals surface area contributed by atoms with Gasteiger partial charge in [-0.3, -0.25) is 4.79 Å². The lowest BCUT2D eigenvalue weighted by Crippen LogP contribution is -2.33. The van der Waals surface area contributed by atoms with Gasteiger partial charge in [-0.05, 0) is 18.6 Å². The fourth-order valence-corrected chi connectivity index (χ4v) is 1.94. The lowest BCUT2D eigenvalue weighted by atomic mass is 9.80. The molecule has 3 heteroatoms. The molecule has 1 aromatic rings. The molecule has 0 aromatic heterocycles. The van der Waals surface area contributed by atoms with E-state index < -0.39 is 0 Å². The molecule has 0 radical (unpaired) electrons. The molecule has 0 aliphatic heterocycles. The predicted molar refractivity (Wildman–Crippen MR) is 63.3 cm³/mol. The number of rotatable bonds is 4. The zero-order chi connectivity index (χ0) is 11.5. The molecule has 0 fully saturated rings. The number of hydrogen-bond donors (Lipinski definition) is 1. The smallest absolute Gasteiger partial charge is 0.293 e. The van der Waals surface area contributed by atoms with Crippen LogP contribution in [-0.2, 0) is 14.9 Å². The third-order valence-corrected chi connectivity index (χ3v) is 3.26. The van der Waals surface area contributed by atoms with Crippen LogP contribution in [0.25, 0.3) is 0 Å². The Labute approximate surface area is 96.1 Å². The van der Waals surface area contributed by atoms with Crippen molar-refractivity contribution in [1.82, 2.24) is 0 Å². The van der Waals surface area contributed by atoms with Gasteiger partial charge in [0.15, 0.2) is 0 Å². The summed E-state index contributed by atoms with van der Waals surface area (Å²) < 4.78 is 5.00. The van der Waals surface area contributed by atoms with Gasteiger partial charge in [0.05, 0.1) is 0 Å². The number of benzene rings is 1. The minimum absolute atomic E-state index is 0.178. The molecule has 1 atom stereocenters. The minimum atomic E-state index is -0.237. The van der Waals surface area contributed by atoms with E-state index in [0.29, 0.717) is 6.47 Å². The van der Waals surface area contributed by atoms with Crippen molar-refractivity contribution in [3.63, 3.8) is 0 Å². The van der Waals surface area contributed by atoms with E-state index in [2.05, 4.69) is 12.6 Å². The van der Waals surface area contributed by atoms with Gasteiger partial charge in [-0.2, -0.15) is 0 Å². The van der Waals surface area contributed by atoms with Gasteiger partial charge < -0.3 is 4.74 Å². The second kappa shape index (κ2) is 4.71. The van der Waals surface area contributed by atoms with Crippen LogP contribution < -0.4 is 0 Å². The Morgan fingerprint density at radius 3 is 2.53 bits per heavy atom. The van der Waals surface area contributed by atoms with Crippen molar-refractivity contribution in [3.05, 3.63) is 29.8 Å². The summed E-state index contributed by atoms with van der Waals surface area (Å²) >= 11 is 4.41. The van der Waals surface area contributed by atoms with Crippen LogP contribution in [0.3, 0.4) is 0 Å². The van der Waals surface area contributed by atoms with E-state index in [0.717, 1.165) is 10.5 Å². The molecule has 0 N–H and O–H groups in total. The molecule has 0 saturated carbocycles. The monoisotopic (exact) mass is 224 g/mol. The maximum absolute atomic E-state index is 10.3. The molecule has 15 heavy (non-hydrogen) atoms. The summed E-state index contributed by atoms with van der Waals surface area (Å²) in [6.45, 7) is 6.45. The Morgan fingerprint density at radius 1 is 1.40 bits per heavy atom. The van der Waals surface area contributed by atoms with E-state index >= 15 is 0 Å². The number of thiol groups is 1. The van der Waals surface area contributed by atoms with Crippen molar-refractivity contribution in [2.24, 2.45) is 0 Å². The maximum atomic E-state index is 10.3. The number of hydrogen-bond acceptors (Lipinski definition) is 3. The standard InChI is InChI=1S/C12H16O2S/c1-9(14-8-13)12(2,3)10-6-4-5-7-11(10)15/h4-9,15H,1-3H3. The molecule has 0 bridgehead atoms. The Bertz CT molecular complexity index is 347. The Kier molecular flexibility index (Phi) is 3.80. The predicted octanol–water partition coefficient (Wildman–Crippen LogP) is 2.81. The first kappa shape index (κ1) is 12.1. The van der Waals surface area contributed by atoms with Crippen LogP contribution in [0.2, 0.25) is 0 Å². The SMILES string of the molecule is CC(OC=O)C(C)(C)c1ccccc1S. The first-order valence-electron chi connectivity index (χ1n) is 4.87.